The Kier molecular flexibility index (Phi) is 6.58. The molecule has 0 saturated heterocycles. The Morgan fingerprint density at radius 3 is 2.50 bits per heavy atom. The number of benzene rings is 1. The largest absolute Gasteiger partial charge is 0.319 e. The summed E-state index contributed by atoms with van der Waals surface area (Å²) in [4.78, 5) is 0. The Hall–Kier alpha value is -0.470. The van der Waals surface area contributed by atoms with Crippen molar-refractivity contribution >= 4 is 11.8 Å². The van der Waals surface area contributed by atoms with E-state index in [1.807, 2.05) is 18.8 Å². The van der Waals surface area contributed by atoms with Crippen LogP contribution in [0.3, 0.4) is 0 Å². The van der Waals surface area contributed by atoms with Gasteiger partial charge in [-0.25, -0.2) is 0 Å². The van der Waals surface area contributed by atoms with Crippen LogP contribution in [0.1, 0.15) is 29.9 Å². The van der Waals surface area contributed by atoms with Crippen molar-refractivity contribution in [3.05, 3.63) is 35.4 Å². The van der Waals surface area contributed by atoms with Crippen LogP contribution in [0.25, 0.3) is 0 Å². The SMILES string of the molecule is CNCC(CCCSC)c1ccc(C)cc1. The van der Waals surface area contributed by atoms with E-state index in [1.54, 1.807) is 0 Å². The number of thioether (sulfide) groups is 1. The average Bonchev–Trinajstić information content (AvgIpc) is 2.29. The van der Waals surface area contributed by atoms with Crippen LogP contribution in [0.4, 0.5) is 0 Å². The maximum absolute atomic E-state index is 3.30. The van der Waals surface area contributed by atoms with Crippen molar-refractivity contribution in [3.63, 3.8) is 0 Å². The molecule has 0 aliphatic carbocycles. The molecular formula is C14H23NS. The molecule has 0 aliphatic heterocycles. The van der Waals surface area contributed by atoms with E-state index >= 15 is 0 Å². The maximum Gasteiger partial charge on any atom is 0.00171 e. The molecule has 0 aliphatic rings. The third-order valence-electron chi connectivity index (χ3n) is 2.90. The molecule has 1 rings (SSSR count). The fourth-order valence-corrected chi connectivity index (χ4v) is 2.40. The lowest BCUT2D eigenvalue weighted by Gasteiger charge is -2.17. The molecule has 0 bridgehead atoms. The van der Waals surface area contributed by atoms with Gasteiger partial charge in [0.1, 0.15) is 0 Å². The summed E-state index contributed by atoms with van der Waals surface area (Å²) >= 11 is 1.94. The van der Waals surface area contributed by atoms with Gasteiger partial charge in [0.05, 0.1) is 0 Å². The highest BCUT2D eigenvalue weighted by molar-refractivity contribution is 7.98. The van der Waals surface area contributed by atoms with Crippen LogP contribution in [0.5, 0.6) is 0 Å². The van der Waals surface area contributed by atoms with Gasteiger partial charge in [0.2, 0.25) is 0 Å². The van der Waals surface area contributed by atoms with Crippen molar-refractivity contribution in [2.45, 2.75) is 25.7 Å². The van der Waals surface area contributed by atoms with Crippen LogP contribution in [0.15, 0.2) is 24.3 Å². The van der Waals surface area contributed by atoms with Crippen LogP contribution in [-0.2, 0) is 0 Å². The minimum atomic E-state index is 0.665. The van der Waals surface area contributed by atoms with Crippen LogP contribution in [0.2, 0.25) is 0 Å². The van der Waals surface area contributed by atoms with Crippen LogP contribution < -0.4 is 5.32 Å². The van der Waals surface area contributed by atoms with Gasteiger partial charge in [-0.1, -0.05) is 29.8 Å². The van der Waals surface area contributed by atoms with Gasteiger partial charge in [0.25, 0.3) is 0 Å². The first-order valence-corrected chi connectivity index (χ1v) is 7.37. The molecule has 1 aromatic carbocycles. The molecule has 0 spiro atoms. The van der Waals surface area contributed by atoms with Gasteiger partial charge < -0.3 is 5.32 Å². The summed E-state index contributed by atoms with van der Waals surface area (Å²) in [6.07, 6.45) is 4.77. The van der Waals surface area contributed by atoms with Crippen molar-refractivity contribution in [2.24, 2.45) is 0 Å². The van der Waals surface area contributed by atoms with Gasteiger partial charge in [0.15, 0.2) is 0 Å². The van der Waals surface area contributed by atoms with E-state index in [0.29, 0.717) is 5.92 Å². The lowest BCUT2D eigenvalue weighted by atomic mass is 9.94. The number of aryl methyl sites for hydroxylation is 1. The first-order chi connectivity index (χ1) is 7.77. The summed E-state index contributed by atoms with van der Waals surface area (Å²) in [5.41, 5.74) is 2.82. The molecule has 0 amide bonds. The zero-order chi connectivity index (χ0) is 11.8. The molecule has 90 valence electrons. The summed E-state index contributed by atoms with van der Waals surface area (Å²) in [5.74, 6) is 1.93. The van der Waals surface area contributed by atoms with E-state index in [9.17, 15) is 0 Å². The quantitative estimate of drug-likeness (QED) is 0.729. The molecule has 0 aromatic heterocycles. The zero-order valence-corrected chi connectivity index (χ0v) is 11.4. The predicted octanol–water partition coefficient (Wildman–Crippen LogP) is 3.44. The van der Waals surface area contributed by atoms with Gasteiger partial charge in [-0.15, -0.1) is 0 Å². The van der Waals surface area contributed by atoms with Crippen molar-refractivity contribution in [1.82, 2.24) is 5.32 Å². The van der Waals surface area contributed by atoms with E-state index in [-0.39, 0.29) is 0 Å². The van der Waals surface area contributed by atoms with Crippen LogP contribution in [-0.4, -0.2) is 25.6 Å². The van der Waals surface area contributed by atoms with Gasteiger partial charge in [-0.3, -0.25) is 0 Å². The average molecular weight is 237 g/mol. The van der Waals surface area contributed by atoms with E-state index in [2.05, 4.69) is 42.8 Å². The van der Waals surface area contributed by atoms with Crippen molar-refractivity contribution < 1.29 is 0 Å². The van der Waals surface area contributed by atoms with Gasteiger partial charge in [-0.2, -0.15) is 11.8 Å². The predicted molar refractivity (Wildman–Crippen MR) is 75.5 cm³/mol. The second kappa shape index (κ2) is 7.75. The number of likely N-dealkylation sites (N-methyl/N-ethyl adjacent to an activating group) is 1. The molecule has 16 heavy (non-hydrogen) atoms. The standard InChI is InChI=1S/C14H23NS/c1-12-6-8-13(9-7-12)14(11-15-2)5-4-10-16-3/h6-9,14-15H,4-5,10-11H2,1-3H3. The van der Waals surface area contributed by atoms with E-state index < -0.39 is 0 Å². The molecule has 0 heterocycles. The molecule has 2 heteroatoms. The minimum absolute atomic E-state index is 0.665. The fourth-order valence-electron chi connectivity index (χ4n) is 1.95. The zero-order valence-electron chi connectivity index (χ0n) is 10.6. The molecule has 0 fully saturated rings. The molecule has 0 saturated carbocycles. The Balaban J connectivity index is 2.57. The smallest absolute Gasteiger partial charge is 0.00171 e. The van der Waals surface area contributed by atoms with E-state index in [1.165, 1.54) is 29.7 Å². The summed E-state index contributed by atoms with van der Waals surface area (Å²) in [6, 6.07) is 8.98. The Morgan fingerprint density at radius 1 is 1.25 bits per heavy atom. The molecule has 1 N–H and O–H groups in total. The molecule has 1 unspecified atom stereocenters. The monoisotopic (exact) mass is 237 g/mol. The third kappa shape index (κ3) is 4.58. The van der Waals surface area contributed by atoms with Crippen molar-refractivity contribution in [2.75, 3.05) is 25.6 Å². The first-order valence-electron chi connectivity index (χ1n) is 5.98. The molecule has 1 nitrogen and oxygen atoms in total. The second-order valence-corrected chi connectivity index (χ2v) is 5.29. The van der Waals surface area contributed by atoms with Gasteiger partial charge >= 0.3 is 0 Å². The molecule has 0 radical (unpaired) electrons. The fraction of sp³-hybridized carbons (Fsp3) is 0.571. The highest BCUT2D eigenvalue weighted by Gasteiger charge is 2.09. The van der Waals surface area contributed by atoms with E-state index in [0.717, 1.165) is 6.54 Å². The van der Waals surface area contributed by atoms with E-state index in [4.69, 9.17) is 0 Å². The summed E-state index contributed by atoms with van der Waals surface area (Å²) in [6.45, 7) is 3.22. The lowest BCUT2D eigenvalue weighted by molar-refractivity contribution is 0.578. The second-order valence-electron chi connectivity index (χ2n) is 4.30. The summed E-state index contributed by atoms with van der Waals surface area (Å²) in [5, 5.41) is 3.30. The highest BCUT2D eigenvalue weighted by atomic mass is 32.2. The van der Waals surface area contributed by atoms with Crippen molar-refractivity contribution in [3.8, 4) is 0 Å². The number of hydrogen-bond acceptors (Lipinski definition) is 2. The first kappa shape index (κ1) is 13.6. The topological polar surface area (TPSA) is 12.0 Å². The van der Waals surface area contributed by atoms with Crippen LogP contribution in [0, 0.1) is 6.92 Å². The van der Waals surface area contributed by atoms with Crippen LogP contribution >= 0.6 is 11.8 Å². The maximum atomic E-state index is 3.30. The highest BCUT2D eigenvalue weighted by Crippen LogP contribution is 2.21. The Morgan fingerprint density at radius 2 is 1.94 bits per heavy atom. The van der Waals surface area contributed by atoms with Crippen molar-refractivity contribution in [1.29, 1.82) is 0 Å². The van der Waals surface area contributed by atoms with Gasteiger partial charge in [0, 0.05) is 6.54 Å². The number of nitrogens with one attached hydrogen (secondary N) is 1. The molecule has 1 atom stereocenters. The molecular weight excluding hydrogens is 214 g/mol. The normalized spacial score (nSPS) is 12.7. The Labute approximate surface area is 104 Å². The third-order valence-corrected chi connectivity index (χ3v) is 3.60. The van der Waals surface area contributed by atoms with Gasteiger partial charge in [-0.05, 0) is 50.3 Å². The Bertz CT molecular complexity index is 281. The lowest BCUT2D eigenvalue weighted by Crippen LogP contribution is -2.17. The molecule has 1 aromatic rings. The number of hydrogen-bond donors (Lipinski definition) is 1. The minimum Gasteiger partial charge on any atom is -0.319 e. The number of rotatable bonds is 7. The summed E-state index contributed by atoms with van der Waals surface area (Å²) in [7, 11) is 2.04. The summed E-state index contributed by atoms with van der Waals surface area (Å²) < 4.78 is 0.